The maximum atomic E-state index is 11.9. The van der Waals surface area contributed by atoms with Crippen LogP contribution >= 0.6 is 0 Å². The lowest BCUT2D eigenvalue weighted by atomic mass is 9.73. The normalized spacial score (nSPS) is 25.5. The van der Waals surface area contributed by atoms with Gasteiger partial charge in [-0.05, 0) is 43.9 Å². The number of nitriles is 1. The van der Waals surface area contributed by atoms with Gasteiger partial charge in [0.2, 0.25) is 5.91 Å². The zero-order valence-corrected chi connectivity index (χ0v) is 17.6. The average Bonchev–Trinajstić information content (AvgIpc) is 2.75. The highest BCUT2D eigenvalue weighted by atomic mass is 16.5. The number of aliphatic hydroxyl groups excluding tert-OH is 1. The molecule has 2 atom stereocenters. The molecule has 2 aliphatic rings. The van der Waals surface area contributed by atoms with E-state index in [2.05, 4.69) is 16.3 Å². The van der Waals surface area contributed by atoms with Crippen molar-refractivity contribution in [1.82, 2.24) is 10.2 Å². The highest BCUT2D eigenvalue weighted by Gasteiger charge is 2.53. The van der Waals surface area contributed by atoms with E-state index in [0.29, 0.717) is 25.0 Å². The van der Waals surface area contributed by atoms with Crippen LogP contribution in [0.5, 0.6) is 0 Å². The lowest BCUT2D eigenvalue weighted by Crippen LogP contribution is -2.69. The topological polar surface area (TPSA) is 123 Å². The van der Waals surface area contributed by atoms with Crippen LogP contribution < -0.4 is 5.32 Å². The van der Waals surface area contributed by atoms with Crippen molar-refractivity contribution in [2.24, 2.45) is 0 Å². The van der Waals surface area contributed by atoms with Gasteiger partial charge in [-0.3, -0.25) is 14.5 Å². The number of amides is 1. The zero-order chi connectivity index (χ0) is 22.2. The van der Waals surface area contributed by atoms with E-state index in [9.17, 15) is 9.90 Å². The van der Waals surface area contributed by atoms with E-state index in [1.807, 2.05) is 38.1 Å². The molecule has 164 valence electrons. The molecule has 0 aliphatic carbocycles. The van der Waals surface area contributed by atoms with Crippen molar-refractivity contribution in [3.63, 3.8) is 0 Å². The third-order valence-electron chi connectivity index (χ3n) is 6.05. The summed E-state index contributed by atoms with van der Waals surface area (Å²) in [5.74, 6) is -0.0353. The predicted octanol–water partition coefficient (Wildman–Crippen LogP) is 1.66. The van der Waals surface area contributed by atoms with E-state index in [-0.39, 0.29) is 12.4 Å². The summed E-state index contributed by atoms with van der Waals surface area (Å²) in [6, 6.07) is 9.81. The average molecular weight is 418 g/mol. The number of likely N-dealkylation sites (tertiary alicyclic amines) is 1. The summed E-state index contributed by atoms with van der Waals surface area (Å²) < 4.78 is 6.09. The van der Waals surface area contributed by atoms with Crippen LogP contribution in [0.1, 0.15) is 50.7 Å². The molecule has 8 nitrogen and oxygen atoms in total. The van der Waals surface area contributed by atoms with E-state index in [4.69, 9.17) is 19.9 Å². The van der Waals surface area contributed by atoms with Crippen molar-refractivity contribution in [3.8, 4) is 6.07 Å². The van der Waals surface area contributed by atoms with Crippen molar-refractivity contribution in [1.29, 1.82) is 5.26 Å². The third kappa shape index (κ3) is 5.57. The number of carbonyl (C=O) groups excluding carboxylic acids is 1. The summed E-state index contributed by atoms with van der Waals surface area (Å²) in [5, 5.41) is 29.9. The molecule has 1 aromatic carbocycles. The number of carbonyl (C=O) groups is 2. The Morgan fingerprint density at radius 1 is 1.33 bits per heavy atom. The molecule has 0 aromatic heterocycles. The van der Waals surface area contributed by atoms with Gasteiger partial charge >= 0.3 is 0 Å². The van der Waals surface area contributed by atoms with Crippen LogP contribution in [-0.4, -0.2) is 64.4 Å². The molecule has 1 spiro atoms. The second-order valence-electron chi connectivity index (χ2n) is 8.08. The van der Waals surface area contributed by atoms with Crippen LogP contribution in [0.4, 0.5) is 0 Å². The number of carboxylic acid groups (broad SMARTS) is 1. The molecular formula is C22H31N3O5. The SMILES string of the molecule is CCC(=O)N[C@]1(C)CCOC2(CCN(Cc3ccc(C#N)cc3)CC2)[C@H]1O.O=CO. The van der Waals surface area contributed by atoms with E-state index in [0.717, 1.165) is 32.5 Å². The molecule has 0 bridgehead atoms. The second kappa shape index (κ2) is 10.5. The van der Waals surface area contributed by atoms with Gasteiger partial charge in [0, 0.05) is 32.7 Å². The summed E-state index contributed by atoms with van der Waals surface area (Å²) in [6.07, 6.45) is 1.79. The van der Waals surface area contributed by atoms with Crippen molar-refractivity contribution in [3.05, 3.63) is 35.4 Å². The highest BCUT2D eigenvalue weighted by molar-refractivity contribution is 5.76. The fourth-order valence-corrected chi connectivity index (χ4v) is 4.25. The molecule has 2 heterocycles. The fraction of sp³-hybridized carbons (Fsp3) is 0.591. The highest BCUT2D eigenvalue weighted by Crippen LogP contribution is 2.40. The first kappa shape index (κ1) is 23.8. The molecule has 30 heavy (non-hydrogen) atoms. The van der Waals surface area contributed by atoms with E-state index in [1.165, 1.54) is 5.56 Å². The fourth-order valence-electron chi connectivity index (χ4n) is 4.25. The number of hydrogen-bond donors (Lipinski definition) is 3. The Morgan fingerprint density at radius 3 is 2.47 bits per heavy atom. The van der Waals surface area contributed by atoms with Crippen molar-refractivity contribution in [2.45, 2.75) is 63.3 Å². The summed E-state index contributed by atoms with van der Waals surface area (Å²) >= 11 is 0. The monoisotopic (exact) mass is 417 g/mol. The second-order valence-corrected chi connectivity index (χ2v) is 8.08. The third-order valence-corrected chi connectivity index (χ3v) is 6.05. The number of hydrogen-bond acceptors (Lipinski definition) is 6. The molecule has 2 saturated heterocycles. The Balaban J connectivity index is 0.00000101. The minimum atomic E-state index is -0.716. The van der Waals surface area contributed by atoms with Gasteiger partial charge in [0.25, 0.3) is 6.47 Å². The minimum absolute atomic E-state index is 0.0353. The molecule has 0 unspecified atom stereocenters. The van der Waals surface area contributed by atoms with Crippen LogP contribution in [0.3, 0.4) is 0 Å². The van der Waals surface area contributed by atoms with Gasteiger partial charge in [-0.2, -0.15) is 5.26 Å². The number of piperidine rings is 1. The molecule has 2 fully saturated rings. The molecule has 3 rings (SSSR count). The Labute approximate surface area is 177 Å². The van der Waals surface area contributed by atoms with Crippen molar-refractivity contribution < 1.29 is 24.5 Å². The first-order valence-corrected chi connectivity index (χ1v) is 10.2. The first-order chi connectivity index (χ1) is 14.3. The van der Waals surface area contributed by atoms with Crippen LogP contribution in [0.2, 0.25) is 0 Å². The van der Waals surface area contributed by atoms with Gasteiger partial charge in [0.1, 0.15) is 6.10 Å². The van der Waals surface area contributed by atoms with Crippen LogP contribution in [0.25, 0.3) is 0 Å². The molecule has 1 amide bonds. The van der Waals surface area contributed by atoms with E-state index < -0.39 is 17.2 Å². The standard InChI is InChI=1S/C21H29N3O3.CH2O2/c1-3-18(25)23-20(2)10-13-27-21(19(20)26)8-11-24(12-9-21)15-17-6-4-16(14-22)5-7-17;2-1-3/h4-7,19,26H,3,8-13,15H2,1-2H3,(H,23,25);1H,(H,2,3)/t19-,20+;/m0./s1. The van der Waals surface area contributed by atoms with Gasteiger partial charge in [-0.25, -0.2) is 0 Å². The van der Waals surface area contributed by atoms with Crippen molar-refractivity contribution in [2.75, 3.05) is 19.7 Å². The number of aliphatic hydroxyl groups is 1. The number of ether oxygens (including phenoxy) is 1. The smallest absolute Gasteiger partial charge is 0.290 e. The predicted molar refractivity (Wildman–Crippen MR) is 111 cm³/mol. The molecule has 0 radical (unpaired) electrons. The van der Waals surface area contributed by atoms with Gasteiger partial charge < -0.3 is 20.3 Å². The van der Waals surface area contributed by atoms with Gasteiger partial charge in [-0.1, -0.05) is 19.1 Å². The largest absolute Gasteiger partial charge is 0.483 e. The van der Waals surface area contributed by atoms with Crippen molar-refractivity contribution >= 4 is 12.4 Å². The number of nitrogens with zero attached hydrogens (tertiary/aromatic N) is 2. The summed E-state index contributed by atoms with van der Waals surface area (Å²) in [4.78, 5) is 22.6. The number of rotatable bonds is 4. The van der Waals surface area contributed by atoms with Gasteiger partial charge in [0.05, 0.1) is 22.8 Å². The Kier molecular flexibility index (Phi) is 8.35. The Morgan fingerprint density at radius 2 is 1.93 bits per heavy atom. The summed E-state index contributed by atoms with van der Waals surface area (Å²) in [7, 11) is 0. The maximum absolute atomic E-state index is 11.9. The number of nitrogens with one attached hydrogen (secondary N) is 1. The lowest BCUT2D eigenvalue weighted by Gasteiger charge is -2.53. The molecule has 2 aliphatic heterocycles. The molecule has 0 saturated carbocycles. The van der Waals surface area contributed by atoms with Crippen LogP contribution in [0, 0.1) is 11.3 Å². The summed E-state index contributed by atoms with van der Waals surface area (Å²) in [5.41, 5.74) is 0.620. The van der Waals surface area contributed by atoms with E-state index >= 15 is 0 Å². The van der Waals surface area contributed by atoms with Gasteiger partial charge in [0.15, 0.2) is 0 Å². The Hall–Kier alpha value is -2.47. The maximum Gasteiger partial charge on any atom is 0.290 e. The first-order valence-electron chi connectivity index (χ1n) is 10.2. The Bertz CT molecular complexity index is 753. The molecule has 1 aromatic rings. The van der Waals surface area contributed by atoms with E-state index in [1.54, 1.807) is 0 Å². The molecule has 3 N–H and O–H groups in total. The quantitative estimate of drug-likeness (QED) is 0.637. The van der Waals surface area contributed by atoms with Crippen LogP contribution in [0.15, 0.2) is 24.3 Å². The number of benzene rings is 1. The van der Waals surface area contributed by atoms with Gasteiger partial charge in [-0.15, -0.1) is 0 Å². The minimum Gasteiger partial charge on any atom is -0.483 e. The lowest BCUT2D eigenvalue weighted by molar-refractivity contribution is -0.208. The molecular weight excluding hydrogens is 386 g/mol. The molecule has 8 heteroatoms. The zero-order valence-electron chi connectivity index (χ0n) is 17.6. The summed E-state index contributed by atoms with van der Waals surface area (Å²) in [6.45, 7) is 6.53. The van der Waals surface area contributed by atoms with Crippen LogP contribution in [-0.2, 0) is 20.9 Å².